The third-order valence-electron chi connectivity index (χ3n) is 9.20. The van der Waals surface area contributed by atoms with Crippen molar-refractivity contribution in [3.63, 3.8) is 0 Å². The van der Waals surface area contributed by atoms with Gasteiger partial charge >= 0.3 is 18.2 Å². The van der Waals surface area contributed by atoms with Crippen molar-refractivity contribution < 1.29 is 45.7 Å². The molecule has 1 aliphatic heterocycles. The van der Waals surface area contributed by atoms with E-state index in [2.05, 4.69) is 27.2 Å². The van der Waals surface area contributed by atoms with Crippen molar-refractivity contribution in [3.8, 4) is 23.0 Å². The lowest BCUT2D eigenvalue weighted by Crippen LogP contribution is -2.45. The number of carboxylic acids is 1. The highest BCUT2D eigenvalue weighted by atomic mass is 35.5. The molecule has 2 N–H and O–H groups in total. The molecule has 2 unspecified atom stereocenters. The first-order valence-electron chi connectivity index (χ1n) is 17.0. The zero-order valence-corrected chi connectivity index (χ0v) is 32.8. The summed E-state index contributed by atoms with van der Waals surface area (Å²) in [5.41, 5.74) is 0.426. The van der Waals surface area contributed by atoms with Crippen molar-refractivity contribution in [2.45, 2.75) is 56.6 Å². The van der Waals surface area contributed by atoms with Gasteiger partial charge in [0.25, 0.3) is 0 Å². The van der Waals surface area contributed by atoms with Crippen LogP contribution in [-0.2, 0) is 33.4 Å². The van der Waals surface area contributed by atoms with Gasteiger partial charge in [0.15, 0.2) is 5.82 Å². The largest absolute Gasteiger partial charge is 0.481 e. The van der Waals surface area contributed by atoms with Crippen LogP contribution in [0.3, 0.4) is 0 Å². The highest BCUT2D eigenvalue weighted by Crippen LogP contribution is 2.43. The normalized spacial score (nSPS) is 14.9. The Morgan fingerprint density at radius 3 is 2.34 bits per heavy atom. The van der Waals surface area contributed by atoms with Crippen LogP contribution < -0.4 is 9.62 Å². The second-order valence-electron chi connectivity index (χ2n) is 13.4. The molecule has 56 heavy (non-hydrogen) atoms. The molecule has 0 saturated carbocycles. The predicted octanol–water partition coefficient (Wildman–Crippen LogP) is 7.13. The van der Waals surface area contributed by atoms with Gasteiger partial charge < -0.3 is 15.3 Å². The fraction of sp³-hybridized carbons (Fsp3) is 0.378. The average molecular weight is 839 g/mol. The van der Waals surface area contributed by atoms with Crippen molar-refractivity contribution in [1.82, 2.24) is 25.0 Å². The molecular weight excluding hydrogens is 803 g/mol. The number of benzene rings is 2. The van der Waals surface area contributed by atoms with E-state index in [0.29, 0.717) is 17.2 Å². The molecule has 298 valence electrons. The molecular formula is C37H36ClF5N6O5S2. The Morgan fingerprint density at radius 2 is 1.77 bits per heavy atom. The molecule has 0 radical (unpaired) electrons. The topological polar surface area (TPSA) is 138 Å². The molecule has 0 bridgehead atoms. The first-order chi connectivity index (χ1) is 26.3. The number of fused-ring (bicyclic) bond motifs is 1. The molecule has 3 heterocycles. The number of amides is 3. The number of carboxylic acid groups (broad SMARTS) is 1. The number of carbonyl (C=O) groups excluding carboxylic acids is 2. The summed E-state index contributed by atoms with van der Waals surface area (Å²) in [6.07, 6.45) is -1.31. The van der Waals surface area contributed by atoms with Crippen LogP contribution in [0.25, 0.3) is 22.0 Å². The summed E-state index contributed by atoms with van der Waals surface area (Å²) in [5, 5.41) is 16.3. The SMILES string of the molecule is CSN(C(=O)N1CCC(C(=O)O)CC1)c1nn(CC(F)(F)F)c2c(-c3ccc(C#CC(C)(C)S(C)=O)nc3C(Cc3cc(F)cc(F)c3)NC=O)ccc(Cl)c12. The van der Waals surface area contributed by atoms with E-state index in [1.54, 1.807) is 13.8 Å². The van der Waals surface area contributed by atoms with Gasteiger partial charge in [0.05, 0.1) is 33.6 Å². The third-order valence-corrected chi connectivity index (χ3v) is 11.8. The van der Waals surface area contributed by atoms with Crippen LogP contribution in [0.5, 0.6) is 0 Å². The fourth-order valence-corrected chi connectivity index (χ4v) is 7.22. The van der Waals surface area contributed by atoms with Gasteiger partial charge in [-0.25, -0.2) is 22.9 Å². The number of likely N-dealkylation sites (tertiary alicyclic amines) is 1. The number of urea groups is 1. The van der Waals surface area contributed by atoms with Gasteiger partial charge in [0.2, 0.25) is 6.41 Å². The molecule has 2 aromatic carbocycles. The van der Waals surface area contributed by atoms with Crippen LogP contribution in [-0.4, -0.2) is 83.9 Å². The zero-order valence-electron chi connectivity index (χ0n) is 30.4. The van der Waals surface area contributed by atoms with E-state index in [1.165, 1.54) is 41.7 Å². The maximum Gasteiger partial charge on any atom is 0.408 e. The third kappa shape index (κ3) is 9.61. The number of piperidine rings is 1. The number of carbonyl (C=O) groups is 3. The summed E-state index contributed by atoms with van der Waals surface area (Å²) in [6, 6.07) is 6.86. The summed E-state index contributed by atoms with van der Waals surface area (Å²) < 4.78 is 84.5. The second-order valence-corrected chi connectivity index (χ2v) is 16.5. The van der Waals surface area contributed by atoms with E-state index in [1.807, 2.05) is 0 Å². The minimum Gasteiger partial charge on any atom is -0.481 e. The molecule has 2 aromatic heterocycles. The van der Waals surface area contributed by atoms with Gasteiger partial charge in [-0.3, -0.25) is 18.5 Å². The van der Waals surface area contributed by atoms with Gasteiger partial charge in [0, 0.05) is 53.6 Å². The summed E-state index contributed by atoms with van der Waals surface area (Å²) in [4.78, 5) is 43.5. The molecule has 1 aliphatic rings. The molecule has 4 aromatic rings. The van der Waals surface area contributed by atoms with Gasteiger partial charge in [-0.1, -0.05) is 23.6 Å². The molecule has 0 spiro atoms. The molecule has 11 nitrogen and oxygen atoms in total. The summed E-state index contributed by atoms with van der Waals surface area (Å²) in [5.74, 6) is 2.17. The molecule has 19 heteroatoms. The van der Waals surface area contributed by atoms with Crippen LogP contribution in [0.15, 0.2) is 42.5 Å². The zero-order chi connectivity index (χ0) is 41.1. The lowest BCUT2D eigenvalue weighted by molar-refractivity contribution is -0.143. The van der Waals surface area contributed by atoms with Crippen molar-refractivity contribution in [2.24, 2.45) is 5.92 Å². The lowest BCUT2D eigenvalue weighted by atomic mass is 9.94. The molecule has 1 fully saturated rings. The summed E-state index contributed by atoms with van der Waals surface area (Å²) in [6.45, 7) is 1.88. The monoisotopic (exact) mass is 838 g/mol. The first-order valence-corrected chi connectivity index (χ1v) is 20.1. The fourth-order valence-electron chi connectivity index (χ4n) is 6.21. The number of nitrogens with zero attached hydrogens (tertiary/aromatic N) is 5. The molecule has 3 amide bonds. The second kappa shape index (κ2) is 17.2. The van der Waals surface area contributed by atoms with E-state index >= 15 is 0 Å². The molecule has 5 rings (SSSR count). The van der Waals surface area contributed by atoms with Crippen LogP contribution in [0.2, 0.25) is 5.02 Å². The smallest absolute Gasteiger partial charge is 0.408 e. The summed E-state index contributed by atoms with van der Waals surface area (Å²) >= 11 is 7.59. The van der Waals surface area contributed by atoms with E-state index in [0.717, 1.165) is 28.4 Å². The minimum atomic E-state index is -4.81. The van der Waals surface area contributed by atoms with Crippen molar-refractivity contribution >= 4 is 69.5 Å². The number of aliphatic carboxylic acids is 1. The number of nitrogens with one attached hydrogen (secondary N) is 1. The molecule has 0 aliphatic carbocycles. The predicted molar refractivity (Wildman–Crippen MR) is 204 cm³/mol. The standard InChI is InChI=1S/C37H36ClF5N6O5S2/c1-36(2,56(4)54)12-9-25-5-6-26(31(45-25)29(44-20-50)17-21-15-23(39)18-24(40)16-21)27-7-8-28(38)30-32(27)48(19-37(41,42)43)46-33(30)49(55-3)35(53)47-13-10-22(11-14-47)34(51)52/h5-8,15-16,18,20,22,29H,10-11,13-14,17,19H2,1-4H3,(H,44,50)(H,51,52). The van der Waals surface area contributed by atoms with E-state index < -0.39 is 63.9 Å². The highest BCUT2D eigenvalue weighted by molar-refractivity contribution is 8.00. The van der Waals surface area contributed by atoms with Crippen molar-refractivity contribution in [1.29, 1.82) is 0 Å². The number of pyridine rings is 1. The number of alkyl halides is 3. The minimum absolute atomic E-state index is 0.0226. The Balaban J connectivity index is 1.75. The van der Waals surface area contributed by atoms with E-state index in [9.17, 15) is 45.7 Å². The Kier molecular flexibility index (Phi) is 13.0. The van der Waals surface area contributed by atoms with E-state index in [-0.39, 0.29) is 82.2 Å². The van der Waals surface area contributed by atoms with E-state index in [4.69, 9.17) is 11.6 Å². The number of anilines is 1. The Morgan fingerprint density at radius 1 is 1.12 bits per heavy atom. The number of rotatable bonds is 11. The van der Waals surface area contributed by atoms with Crippen molar-refractivity contribution in [3.05, 3.63) is 76.1 Å². The Bertz CT molecular complexity index is 2230. The Labute approximate surface area is 330 Å². The number of halogens is 6. The maximum atomic E-state index is 14.3. The van der Waals surface area contributed by atoms with Crippen LogP contribution >= 0.6 is 23.5 Å². The average Bonchev–Trinajstić information content (AvgIpc) is 3.48. The van der Waals surface area contributed by atoms with Gasteiger partial charge in [-0.05, 0) is 86.9 Å². The number of aromatic nitrogens is 3. The number of hydrogen-bond donors (Lipinski definition) is 2. The molecule has 2 atom stereocenters. The van der Waals surface area contributed by atoms with Crippen molar-refractivity contribution in [2.75, 3.05) is 29.9 Å². The number of hydrogen-bond acceptors (Lipinski definition) is 7. The van der Waals surface area contributed by atoms with Gasteiger partial charge in [-0.15, -0.1) is 0 Å². The quantitative estimate of drug-likeness (QED) is 0.0705. The lowest BCUT2D eigenvalue weighted by Gasteiger charge is -2.33. The van der Waals surface area contributed by atoms with Gasteiger partial charge in [0.1, 0.15) is 28.6 Å². The first kappa shape index (κ1) is 42.4. The highest BCUT2D eigenvalue weighted by Gasteiger charge is 2.36. The summed E-state index contributed by atoms with van der Waals surface area (Å²) in [7, 11) is -1.37. The molecule has 1 saturated heterocycles. The van der Waals surface area contributed by atoms with Crippen LogP contribution in [0, 0.1) is 29.4 Å². The van der Waals surface area contributed by atoms with Crippen LogP contribution in [0.4, 0.5) is 32.6 Å². The van der Waals surface area contributed by atoms with Gasteiger partial charge in [-0.2, -0.15) is 18.3 Å². The maximum absolute atomic E-state index is 14.3. The Hall–Kier alpha value is -4.73. The van der Waals surface area contributed by atoms with Crippen LogP contribution in [0.1, 0.15) is 49.7 Å².